The molecule has 0 aliphatic carbocycles. The molecule has 0 aromatic heterocycles. The van der Waals surface area contributed by atoms with Crippen LogP contribution in [0.1, 0.15) is 19.4 Å². The van der Waals surface area contributed by atoms with Crippen LogP contribution in [-0.2, 0) is 11.3 Å². The maximum atomic E-state index is 13.1. The van der Waals surface area contributed by atoms with Crippen molar-refractivity contribution in [3.8, 4) is 0 Å². The Morgan fingerprint density at radius 3 is 2.88 bits per heavy atom. The molecule has 0 radical (unpaired) electrons. The maximum absolute atomic E-state index is 13.1. The standard InChI is InChI=1S/C12H17BrFNO/c1-9(2)15-6-7-16-8-10-4-3-5-11(14)12(10)13/h3-5,9,15H,6-8H2,1-2H3. The number of hydrogen-bond donors (Lipinski definition) is 1. The van der Waals surface area contributed by atoms with E-state index in [1.165, 1.54) is 6.07 Å². The van der Waals surface area contributed by atoms with Gasteiger partial charge < -0.3 is 10.1 Å². The van der Waals surface area contributed by atoms with Crippen LogP contribution in [0.5, 0.6) is 0 Å². The van der Waals surface area contributed by atoms with E-state index in [-0.39, 0.29) is 5.82 Å². The monoisotopic (exact) mass is 289 g/mol. The van der Waals surface area contributed by atoms with Gasteiger partial charge in [0.15, 0.2) is 0 Å². The summed E-state index contributed by atoms with van der Waals surface area (Å²) in [6.07, 6.45) is 0. The van der Waals surface area contributed by atoms with E-state index in [2.05, 4.69) is 35.1 Å². The predicted molar refractivity (Wildman–Crippen MR) is 66.9 cm³/mol. The molecule has 0 bridgehead atoms. The zero-order valence-electron chi connectivity index (χ0n) is 9.59. The number of hydrogen-bond acceptors (Lipinski definition) is 2. The Bertz CT molecular complexity index is 331. The van der Waals surface area contributed by atoms with Crippen LogP contribution >= 0.6 is 15.9 Å². The second kappa shape index (κ2) is 6.99. The summed E-state index contributed by atoms with van der Waals surface area (Å²) in [6, 6.07) is 5.42. The molecule has 0 saturated heterocycles. The number of benzene rings is 1. The number of ether oxygens (including phenoxy) is 1. The third kappa shape index (κ3) is 4.60. The molecule has 0 spiro atoms. The Labute approximate surface area is 104 Å². The third-order valence-electron chi connectivity index (χ3n) is 2.09. The molecule has 0 unspecified atom stereocenters. The minimum atomic E-state index is -0.249. The van der Waals surface area contributed by atoms with Crippen molar-refractivity contribution in [3.05, 3.63) is 34.1 Å². The van der Waals surface area contributed by atoms with Gasteiger partial charge in [0.2, 0.25) is 0 Å². The molecule has 0 fully saturated rings. The fourth-order valence-corrected chi connectivity index (χ4v) is 1.64. The molecule has 1 aromatic carbocycles. The van der Waals surface area contributed by atoms with Gasteiger partial charge >= 0.3 is 0 Å². The number of nitrogens with one attached hydrogen (secondary N) is 1. The minimum Gasteiger partial charge on any atom is -0.375 e. The van der Waals surface area contributed by atoms with Crippen LogP contribution in [0.2, 0.25) is 0 Å². The van der Waals surface area contributed by atoms with Crippen LogP contribution < -0.4 is 5.32 Å². The van der Waals surface area contributed by atoms with Crippen molar-refractivity contribution in [2.24, 2.45) is 0 Å². The van der Waals surface area contributed by atoms with Crippen molar-refractivity contribution < 1.29 is 9.13 Å². The maximum Gasteiger partial charge on any atom is 0.137 e. The summed E-state index contributed by atoms with van der Waals surface area (Å²) >= 11 is 3.20. The Balaban J connectivity index is 2.29. The molecule has 1 rings (SSSR count). The molecule has 0 atom stereocenters. The van der Waals surface area contributed by atoms with Gasteiger partial charge in [-0.3, -0.25) is 0 Å². The highest BCUT2D eigenvalue weighted by Crippen LogP contribution is 2.20. The first-order valence-corrected chi connectivity index (χ1v) is 6.14. The van der Waals surface area contributed by atoms with Crippen LogP contribution in [0.3, 0.4) is 0 Å². The van der Waals surface area contributed by atoms with Gasteiger partial charge in [-0.2, -0.15) is 0 Å². The van der Waals surface area contributed by atoms with Gasteiger partial charge in [-0.15, -0.1) is 0 Å². The zero-order valence-corrected chi connectivity index (χ0v) is 11.2. The summed E-state index contributed by atoms with van der Waals surface area (Å²) in [5.74, 6) is -0.249. The van der Waals surface area contributed by atoms with Crippen molar-refractivity contribution in [2.45, 2.75) is 26.5 Å². The lowest BCUT2D eigenvalue weighted by molar-refractivity contribution is 0.121. The minimum absolute atomic E-state index is 0.249. The summed E-state index contributed by atoms with van der Waals surface area (Å²) in [4.78, 5) is 0. The van der Waals surface area contributed by atoms with Gasteiger partial charge in [0.1, 0.15) is 5.82 Å². The molecule has 0 aliphatic rings. The molecule has 1 aromatic rings. The molecular weight excluding hydrogens is 273 g/mol. The molecule has 1 N–H and O–H groups in total. The summed E-state index contributed by atoms with van der Waals surface area (Å²) < 4.78 is 19.1. The highest BCUT2D eigenvalue weighted by Gasteiger charge is 2.04. The van der Waals surface area contributed by atoms with Crippen LogP contribution in [0.15, 0.2) is 22.7 Å². The SMILES string of the molecule is CC(C)NCCOCc1cccc(F)c1Br. The third-order valence-corrected chi connectivity index (χ3v) is 2.98. The lowest BCUT2D eigenvalue weighted by atomic mass is 10.2. The molecule has 2 nitrogen and oxygen atoms in total. The van der Waals surface area contributed by atoms with Crippen molar-refractivity contribution in [1.29, 1.82) is 0 Å². The van der Waals surface area contributed by atoms with Crippen LogP contribution in [-0.4, -0.2) is 19.2 Å². The smallest absolute Gasteiger partial charge is 0.137 e. The Hall–Kier alpha value is -0.450. The quantitative estimate of drug-likeness (QED) is 0.813. The molecule has 16 heavy (non-hydrogen) atoms. The van der Waals surface area contributed by atoms with Gasteiger partial charge in [0, 0.05) is 12.6 Å². The first-order valence-electron chi connectivity index (χ1n) is 5.35. The summed E-state index contributed by atoms with van der Waals surface area (Å²) in [6.45, 7) is 6.04. The highest BCUT2D eigenvalue weighted by atomic mass is 79.9. The number of halogens is 2. The molecule has 90 valence electrons. The molecule has 0 aliphatic heterocycles. The second-order valence-electron chi connectivity index (χ2n) is 3.87. The molecule has 4 heteroatoms. The average molecular weight is 290 g/mol. The van der Waals surface area contributed by atoms with Gasteiger partial charge in [-0.25, -0.2) is 4.39 Å². The second-order valence-corrected chi connectivity index (χ2v) is 4.67. The Kier molecular flexibility index (Phi) is 5.95. The van der Waals surface area contributed by atoms with E-state index < -0.39 is 0 Å². The predicted octanol–water partition coefficient (Wildman–Crippen LogP) is 3.10. The summed E-state index contributed by atoms with van der Waals surface area (Å²) in [7, 11) is 0. The Morgan fingerprint density at radius 1 is 1.44 bits per heavy atom. The van der Waals surface area contributed by atoms with Crippen LogP contribution in [0.4, 0.5) is 4.39 Å². The van der Waals surface area contributed by atoms with Gasteiger partial charge in [-0.05, 0) is 27.6 Å². The highest BCUT2D eigenvalue weighted by molar-refractivity contribution is 9.10. The Morgan fingerprint density at radius 2 is 2.19 bits per heavy atom. The zero-order chi connectivity index (χ0) is 12.0. The van der Waals surface area contributed by atoms with Crippen molar-refractivity contribution >= 4 is 15.9 Å². The van der Waals surface area contributed by atoms with E-state index in [0.29, 0.717) is 23.7 Å². The topological polar surface area (TPSA) is 21.3 Å². The van der Waals surface area contributed by atoms with E-state index >= 15 is 0 Å². The lowest BCUT2D eigenvalue weighted by Gasteiger charge is -2.09. The van der Waals surface area contributed by atoms with E-state index in [9.17, 15) is 4.39 Å². The molecule has 0 amide bonds. The first-order chi connectivity index (χ1) is 7.61. The van der Waals surface area contributed by atoms with Gasteiger partial charge in [0.05, 0.1) is 17.7 Å². The summed E-state index contributed by atoms with van der Waals surface area (Å²) in [5, 5.41) is 3.25. The van der Waals surface area contributed by atoms with Crippen LogP contribution in [0.25, 0.3) is 0 Å². The number of rotatable bonds is 6. The van der Waals surface area contributed by atoms with E-state index in [4.69, 9.17) is 4.74 Å². The molecule has 0 saturated carbocycles. The molecule has 0 heterocycles. The van der Waals surface area contributed by atoms with Crippen LogP contribution in [0, 0.1) is 5.82 Å². The first kappa shape index (κ1) is 13.6. The fraction of sp³-hybridized carbons (Fsp3) is 0.500. The van der Waals surface area contributed by atoms with Gasteiger partial charge in [0.25, 0.3) is 0 Å². The normalized spacial score (nSPS) is 11.1. The summed E-state index contributed by atoms with van der Waals surface area (Å²) in [5.41, 5.74) is 0.838. The van der Waals surface area contributed by atoms with Gasteiger partial charge in [-0.1, -0.05) is 26.0 Å². The lowest BCUT2D eigenvalue weighted by Crippen LogP contribution is -2.26. The van der Waals surface area contributed by atoms with Crippen molar-refractivity contribution in [1.82, 2.24) is 5.32 Å². The van der Waals surface area contributed by atoms with E-state index in [1.54, 1.807) is 6.07 Å². The fourth-order valence-electron chi connectivity index (χ4n) is 1.26. The van der Waals surface area contributed by atoms with E-state index in [1.807, 2.05) is 6.07 Å². The average Bonchev–Trinajstić information content (AvgIpc) is 2.23. The van der Waals surface area contributed by atoms with Crippen molar-refractivity contribution in [2.75, 3.05) is 13.2 Å². The van der Waals surface area contributed by atoms with Crippen molar-refractivity contribution in [3.63, 3.8) is 0 Å². The van der Waals surface area contributed by atoms with E-state index in [0.717, 1.165) is 12.1 Å². The molecular formula is C12H17BrFNO. The largest absolute Gasteiger partial charge is 0.375 e.